The third kappa shape index (κ3) is 11.8. The molecule has 0 aromatic rings. The summed E-state index contributed by atoms with van der Waals surface area (Å²) in [7, 11) is -4.26. The first-order valence-corrected chi connectivity index (χ1v) is 6.22. The molecular formula is C8H20KO4P. The number of phosphoric acid groups is 1. The fraction of sp³-hybridized carbons (Fsp3) is 1.00. The number of rotatable bonds is 7. The van der Waals surface area contributed by atoms with Gasteiger partial charge in [-0.05, 0) is 12.3 Å². The van der Waals surface area contributed by atoms with Crippen molar-refractivity contribution in [2.75, 3.05) is 6.61 Å². The predicted octanol–water partition coefficient (Wildman–Crippen LogP) is 1.66. The van der Waals surface area contributed by atoms with Gasteiger partial charge in [0.05, 0.1) is 6.61 Å². The first kappa shape index (κ1) is 18.1. The van der Waals surface area contributed by atoms with E-state index in [4.69, 9.17) is 9.79 Å². The summed E-state index contributed by atoms with van der Waals surface area (Å²) >= 11 is 0. The van der Waals surface area contributed by atoms with E-state index >= 15 is 0 Å². The van der Waals surface area contributed by atoms with Gasteiger partial charge in [-0.3, -0.25) is 4.52 Å². The van der Waals surface area contributed by atoms with Crippen LogP contribution in [-0.2, 0) is 9.09 Å². The van der Waals surface area contributed by atoms with Crippen LogP contribution in [0.3, 0.4) is 0 Å². The second kappa shape index (κ2) is 9.94. The topological polar surface area (TPSA) is 66.8 Å². The van der Waals surface area contributed by atoms with Gasteiger partial charge in [-0.15, -0.1) is 0 Å². The van der Waals surface area contributed by atoms with Gasteiger partial charge in [0.15, 0.2) is 0 Å². The maximum absolute atomic E-state index is 10.4. The molecule has 0 saturated heterocycles. The second-order valence-electron chi connectivity index (χ2n) is 3.20. The molecule has 14 heavy (non-hydrogen) atoms. The predicted molar refractivity (Wildman–Crippen MR) is 58.5 cm³/mol. The molecule has 0 bridgehead atoms. The zero-order chi connectivity index (χ0) is 10.3. The number of phosphoric ester groups is 1. The van der Waals surface area contributed by atoms with E-state index in [9.17, 15) is 4.57 Å². The molecule has 0 aromatic carbocycles. The van der Waals surface area contributed by atoms with Crippen LogP contribution in [0.4, 0.5) is 0 Å². The SMILES string of the molecule is CCCCC(CC)COP(=O)(O)O.[KH]. The van der Waals surface area contributed by atoms with Crippen molar-refractivity contribution in [3.05, 3.63) is 0 Å². The molecule has 0 rings (SSSR count). The van der Waals surface area contributed by atoms with E-state index in [0.717, 1.165) is 25.7 Å². The first-order valence-electron chi connectivity index (χ1n) is 4.69. The van der Waals surface area contributed by atoms with Crippen LogP contribution in [-0.4, -0.2) is 67.8 Å². The quantitative estimate of drug-likeness (QED) is 0.533. The van der Waals surface area contributed by atoms with Crippen LogP contribution in [0, 0.1) is 5.92 Å². The van der Waals surface area contributed by atoms with E-state index in [2.05, 4.69) is 11.4 Å². The van der Waals surface area contributed by atoms with Gasteiger partial charge in [0.25, 0.3) is 0 Å². The Kier molecular flexibility index (Phi) is 12.9. The summed E-state index contributed by atoms with van der Waals surface area (Å²) in [6.45, 7) is 4.26. The molecule has 0 aliphatic rings. The fourth-order valence-corrected chi connectivity index (χ4v) is 1.51. The Hall–Kier alpha value is 1.75. The van der Waals surface area contributed by atoms with Crippen molar-refractivity contribution in [2.45, 2.75) is 39.5 Å². The van der Waals surface area contributed by atoms with Crippen LogP contribution in [0.5, 0.6) is 0 Å². The van der Waals surface area contributed by atoms with Gasteiger partial charge in [0.1, 0.15) is 0 Å². The normalized spacial score (nSPS) is 13.4. The van der Waals surface area contributed by atoms with Crippen LogP contribution in [0.15, 0.2) is 0 Å². The van der Waals surface area contributed by atoms with Gasteiger partial charge in [-0.1, -0.05) is 33.1 Å². The summed E-state index contributed by atoms with van der Waals surface area (Å²) in [5, 5.41) is 0. The number of hydrogen-bond donors (Lipinski definition) is 2. The van der Waals surface area contributed by atoms with Crippen molar-refractivity contribution in [1.82, 2.24) is 0 Å². The third-order valence-electron chi connectivity index (χ3n) is 2.02. The molecule has 0 amide bonds. The summed E-state index contributed by atoms with van der Waals surface area (Å²) in [5.74, 6) is 0.271. The zero-order valence-corrected chi connectivity index (χ0v) is 9.17. The molecule has 0 spiro atoms. The van der Waals surface area contributed by atoms with E-state index in [1.54, 1.807) is 0 Å². The Balaban J connectivity index is 0. The molecule has 1 unspecified atom stereocenters. The molecule has 2 N–H and O–H groups in total. The summed E-state index contributed by atoms with van der Waals surface area (Å²) in [5.41, 5.74) is 0. The van der Waals surface area contributed by atoms with Crippen molar-refractivity contribution in [3.63, 3.8) is 0 Å². The molecule has 1 atom stereocenters. The zero-order valence-electron chi connectivity index (χ0n) is 8.27. The van der Waals surface area contributed by atoms with E-state index in [-0.39, 0.29) is 63.9 Å². The second-order valence-corrected chi connectivity index (χ2v) is 4.44. The van der Waals surface area contributed by atoms with Gasteiger partial charge in [-0.25, -0.2) is 4.57 Å². The van der Waals surface area contributed by atoms with Crippen LogP contribution in [0.1, 0.15) is 39.5 Å². The fourth-order valence-electron chi connectivity index (χ4n) is 1.10. The molecular weight excluding hydrogens is 230 g/mol. The molecule has 0 saturated carbocycles. The van der Waals surface area contributed by atoms with E-state index < -0.39 is 7.82 Å². The van der Waals surface area contributed by atoms with Gasteiger partial charge >= 0.3 is 59.2 Å². The standard InChI is InChI=1S/C8H19O4P.K.H/c1-3-5-6-8(4-2)7-12-13(9,10)11;;/h8H,3-7H2,1-2H3,(H2,9,10,11);;. The van der Waals surface area contributed by atoms with Crippen LogP contribution < -0.4 is 0 Å². The van der Waals surface area contributed by atoms with Crippen molar-refractivity contribution in [2.24, 2.45) is 5.92 Å². The number of hydrogen-bond acceptors (Lipinski definition) is 2. The Bertz CT molecular complexity index is 171. The Morgan fingerprint density at radius 3 is 2.29 bits per heavy atom. The monoisotopic (exact) mass is 250 g/mol. The summed E-state index contributed by atoms with van der Waals surface area (Å²) in [4.78, 5) is 17.0. The van der Waals surface area contributed by atoms with E-state index in [1.165, 1.54) is 0 Å². The van der Waals surface area contributed by atoms with E-state index in [1.807, 2.05) is 6.92 Å². The third-order valence-corrected chi connectivity index (χ3v) is 2.51. The average Bonchev–Trinajstić information content (AvgIpc) is 2.03. The first-order chi connectivity index (χ1) is 5.99. The summed E-state index contributed by atoms with van der Waals surface area (Å²) in [6, 6.07) is 0. The van der Waals surface area contributed by atoms with Crippen LogP contribution >= 0.6 is 7.82 Å². The maximum atomic E-state index is 10.4. The average molecular weight is 250 g/mol. The Morgan fingerprint density at radius 1 is 1.36 bits per heavy atom. The molecule has 0 aromatic heterocycles. The molecule has 6 heteroatoms. The van der Waals surface area contributed by atoms with Crippen molar-refractivity contribution in [1.29, 1.82) is 0 Å². The minimum absolute atomic E-state index is 0. The van der Waals surface area contributed by atoms with Gasteiger partial charge < -0.3 is 9.79 Å². The number of unbranched alkanes of at least 4 members (excludes halogenated alkanes) is 1. The van der Waals surface area contributed by atoms with Crippen molar-refractivity contribution < 1.29 is 18.9 Å². The molecule has 0 heterocycles. The van der Waals surface area contributed by atoms with Crippen molar-refractivity contribution >= 4 is 59.2 Å². The van der Waals surface area contributed by atoms with E-state index in [0.29, 0.717) is 0 Å². The van der Waals surface area contributed by atoms with Gasteiger partial charge in [-0.2, -0.15) is 0 Å². The van der Waals surface area contributed by atoms with Crippen molar-refractivity contribution in [3.8, 4) is 0 Å². The molecule has 0 fully saturated rings. The Morgan fingerprint density at radius 2 is 1.93 bits per heavy atom. The minimum atomic E-state index is -4.26. The molecule has 0 aliphatic carbocycles. The van der Waals surface area contributed by atoms with Crippen LogP contribution in [0.2, 0.25) is 0 Å². The van der Waals surface area contributed by atoms with Crippen LogP contribution in [0.25, 0.3) is 0 Å². The van der Waals surface area contributed by atoms with Gasteiger partial charge in [0.2, 0.25) is 0 Å². The summed E-state index contributed by atoms with van der Waals surface area (Å²) < 4.78 is 14.8. The summed E-state index contributed by atoms with van der Waals surface area (Å²) in [6.07, 6.45) is 4.07. The molecule has 0 radical (unpaired) electrons. The molecule has 4 nitrogen and oxygen atoms in total. The Labute approximate surface area is 128 Å². The van der Waals surface area contributed by atoms with Gasteiger partial charge in [0, 0.05) is 0 Å². The molecule has 0 aliphatic heterocycles. The molecule has 82 valence electrons.